The molecule has 0 unspecified atom stereocenters. The minimum absolute atomic E-state index is 0.0635. The first kappa shape index (κ1) is 18.9. The lowest BCUT2D eigenvalue weighted by Crippen LogP contribution is -2.15. The van der Waals surface area contributed by atoms with Crippen LogP contribution in [0.4, 0.5) is 14.5 Å². The standard InChI is InChI=1S/C21H16F2N4OS/c1-12-10-13(21-24-8-9-29-21)6-7-14(12)18-11-17(26-27(18)2)20(28)25-19-15(22)4-3-5-16(19)23/h3-11H,1-2H3,(H,25,28). The van der Waals surface area contributed by atoms with Crippen molar-refractivity contribution in [2.24, 2.45) is 7.05 Å². The molecule has 8 heteroatoms. The molecule has 0 bridgehead atoms. The van der Waals surface area contributed by atoms with E-state index in [4.69, 9.17) is 0 Å². The molecule has 2 aromatic heterocycles. The molecule has 0 atom stereocenters. The van der Waals surface area contributed by atoms with Gasteiger partial charge in [0.2, 0.25) is 0 Å². The van der Waals surface area contributed by atoms with Crippen LogP contribution in [0.5, 0.6) is 0 Å². The Balaban J connectivity index is 1.64. The number of hydrogen-bond donors (Lipinski definition) is 1. The average Bonchev–Trinajstić information content (AvgIpc) is 3.35. The Labute approximate surface area is 169 Å². The lowest BCUT2D eigenvalue weighted by Gasteiger charge is -2.07. The van der Waals surface area contributed by atoms with Gasteiger partial charge in [-0.15, -0.1) is 11.3 Å². The van der Waals surface area contributed by atoms with E-state index >= 15 is 0 Å². The van der Waals surface area contributed by atoms with Crippen molar-refractivity contribution >= 4 is 22.9 Å². The summed E-state index contributed by atoms with van der Waals surface area (Å²) in [6.07, 6.45) is 1.76. The molecule has 0 aliphatic rings. The van der Waals surface area contributed by atoms with Crippen LogP contribution in [0.15, 0.2) is 54.0 Å². The number of hydrogen-bond acceptors (Lipinski definition) is 4. The second kappa shape index (κ2) is 7.56. The first-order chi connectivity index (χ1) is 13.9. The number of rotatable bonds is 4. The molecule has 4 rings (SSSR count). The van der Waals surface area contributed by atoms with Crippen LogP contribution in [0.25, 0.3) is 21.8 Å². The van der Waals surface area contributed by atoms with Crippen LogP contribution in [-0.4, -0.2) is 20.7 Å². The quantitative estimate of drug-likeness (QED) is 0.512. The molecule has 2 aromatic carbocycles. The first-order valence-corrected chi connectivity index (χ1v) is 9.62. The second-order valence-electron chi connectivity index (χ2n) is 6.46. The topological polar surface area (TPSA) is 59.8 Å². The van der Waals surface area contributed by atoms with Gasteiger partial charge in [0.25, 0.3) is 5.91 Å². The molecule has 2 heterocycles. The Morgan fingerprint density at radius 3 is 2.55 bits per heavy atom. The van der Waals surface area contributed by atoms with Gasteiger partial charge in [0.1, 0.15) is 22.3 Å². The van der Waals surface area contributed by atoms with Crippen molar-refractivity contribution in [2.75, 3.05) is 5.32 Å². The molecule has 29 heavy (non-hydrogen) atoms. The third kappa shape index (κ3) is 3.66. The van der Waals surface area contributed by atoms with E-state index in [1.807, 2.05) is 30.5 Å². The lowest BCUT2D eigenvalue weighted by atomic mass is 10.0. The number of anilines is 1. The summed E-state index contributed by atoms with van der Waals surface area (Å²) in [5.41, 5.74) is 3.19. The number of nitrogens with one attached hydrogen (secondary N) is 1. The number of carbonyl (C=O) groups excluding carboxylic acids is 1. The van der Waals surface area contributed by atoms with E-state index in [0.717, 1.165) is 33.8 Å². The summed E-state index contributed by atoms with van der Waals surface area (Å²) in [7, 11) is 1.71. The summed E-state index contributed by atoms with van der Waals surface area (Å²) in [5.74, 6) is -2.38. The maximum absolute atomic E-state index is 13.8. The first-order valence-electron chi connectivity index (χ1n) is 8.74. The second-order valence-corrected chi connectivity index (χ2v) is 7.35. The number of aromatic nitrogens is 3. The van der Waals surface area contributed by atoms with Crippen LogP contribution in [0, 0.1) is 18.6 Å². The predicted molar refractivity (Wildman–Crippen MR) is 109 cm³/mol. The molecule has 146 valence electrons. The smallest absolute Gasteiger partial charge is 0.276 e. The van der Waals surface area contributed by atoms with E-state index in [-0.39, 0.29) is 5.69 Å². The fraction of sp³-hybridized carbons (Fsp3) is 0.0952. The highest BCUT2D eigenvalue weighted by atomic mass is 32.1. The van der Waals surface area contributed by atoms with Gasteiger partial charge in [-0.2, -0.15) is 5.10 Å². The fourth-order valence-electron chi connectivity index (χ4n) is 3.08. The number of para-hydroxylation sites is 1. The molecule has 0 fully saturated rings. The van der Waals surface area contributed by atoms with Crippen LogP contribution in [0.1, 0.15) is 16.1 Å². The normalized spacial score (nSPS) is 10.9. The van der Waals surface area contributed by atoms with Gasteiger partial charge in [-0.05, 0) is 36.8 Å². The molecule has 0 aliphatic carbocycles. The number of amides is 1. The number of nitrogens with zero attached hydrogens (tertiary/aromatic N) is 3. The van der Waals surface area contributed by atoms with Crippen molar-refractivity contribution in [3.05, 3.63) is 76.9 Å². The molecular formula is C21H16F2N4OS. The summed E-state index contributed by atoms with van der Waals surface area (Å²) in [4.78, 5) is 16.8. The summed E-state index contributed by atoms with van der Waals surface area (Å²) >= 11 is 1.56. The minimum Gasteiger partial charge on any atom is -0.316 e. The Kier molecular flexibility index (Phi) is 4.94. The Hall–Kier alpha value is -3.39. The monoisotopic (exact) mass is 410 g/mol. The molecule has 4 aromatic rings. The summed E-state index contributed by atoms with van der Waals surface area (Å²) in [6.45, 7) is 1.97. The minimum atomic E-state index is -0.844. The zero-order valence-corrected chi connectivity index (χ0v) is 16.4. The van der Waals surface area contributed by atoms with Crippen molar-refractivity contribution in [2.45, 2.75) is 6.92 Å². The zero-order valence-electron chi connectivity index (χ0n) is 15.6. The summed E-state index contributed by atoms with van der Waals surface area (Å²) in [5, 5.41) is 9.31. The van der Waals surface area contributed by atoms with Crippen molar-refractivity contribution in [3.63, 3.8) is 0 Å². The third-order valence-corrected chi connectivity index (χ3v) is 5.32. The van der Waals surface area contributed by atoms with Gasteiger partial charge < -0.3 is 5.32 Å². The van der Waals surface area contributed by atoms with Crippen molar-refractivity contribution in [3.8, 4) is 21.8 Å². The SMILES string of the molecule is Cc1cc(-c2nccs2)ccc1-c1cc(C(=O)Nc2c(F)cccc2F)nn1C. The zero-order chi connectivity index (χ0) is 20.5. The van der Waals surface area contributed by atoms with Crippen LogP contribution < -0.4 is 5.32 Å². The van der Waals surface area contributed by atoms with Gasteiger partial charge in [-0.25, -0.2) is 13.8 Å². The Morgan fingerprint density at radius 1 is 1.14 bits per heavy atom. The number of benzene rings is 2. The Bertz CT molecular complexity index is 1180. The molecule has 0 saturated heterocycles. The summed E-state index contributed by atoms with van der Waals surface area (Å²) < 4.78 is 29.2. The van der Waals surface area contributed by atoms with Gasteiger partial charge in [0.05, 0.1) is 5.69 Å². The largest absolute Gasteiger partial charge is 0.316 e. The van der Waals surface area contributed by atoms with Gasteiger partial charge in [0, 0.05) is 29.8 Å². The highest BCUT2D eigenvalue weighted by Crippen LogP contribution is 2.30. The molecule has 0 aliphatic heterocycles. The van der Waals surface area contributed by atoms with Gasteiger partial charge >= 0.3 is 0 Å². The van der Waals surface area contributed by atoms with E-state index in [0.29, 0.717) is 5.69 Å². The Morgan fingerprint density at radius 2 is 1.90 bits per heavy atom. The maximum atomic E-state index is 13.8. The van der Waals surface area contributed by atoms with Crippen LogP contribution in [-0.2, 0) is 7.05 Å². The van der Waals surface area contributed by atoms with Crippen LogP contribution in [0.3, 0.4) is 0 Å². The van der Waals surface area contributed by atoms with Crippen LogP contribution in [0.2, 0.25) is 0 Å². The van der Waals surface area contributed by atoms with Gasteiger partial charge in [0.15, 0.2) is 5.69 Å². The molecule has 1 amide bonds. The van der Waals surface area contributed by atoms with E-state index in [9.17, 15) is 13.6 Å². The molecule has 0 spiro atoms. The summed E-state index contributed by atoms with van der Waals surface area (Å²) in [6, 6.07) is 10.9. The maximum Gasteiger partial charge on any atom is 0.276 e. The fourth-order valence-corrected chi connectivity index (χ4v) is 3.71. The number of halogens is 2. The van der Waals surface area contributed by atoms with Crippen molar-refractivity contribution in [1.29, 1.82) is 0 Å². The van der Waals surface area contributed by atoms with Crippen molar-refractivity contribution in [1.82, 2.24) is 14.8 Å². The van der Waals surface area contributed by atoms with E-state index in [1.54, 1.807) is 35.3 Å². The van der Waals surface area contributed by atoms with E-state index in [2.05, 4.69) is 15.4 Å². The van der Waals surface area contributed by atoms with Gasteiger partial charge in [-0.1, -0.05) is 18.2 Å². The third-order valence-electron chi connectivity index (χ3n) is 4.50. The van der Waals surface area contributed by atoms with Gasteiger partial charge in [-0.3, -0.25) is 9.48 Å². The molecular weight excluding hydrogens is 394 g/mol. The average molecular weight is 410 g/mol. The highest BCUT2D eigenvalue weighted by molar-refractivity contribution is 7.13. The van der Waals surface area contributed by atoms with Crippen LogP contribution >= 0.6 is 11.3 Å². The highest BCUT2D eigenvalue weighted by Gasteiger charge is 2.18. The number of thiazole rings is 1. The molecule has 5 nitrogen and oxygen atoms in total. The predicted octanol–water partition coefficient (Wildman–Crippen LogP) is 5.05. The molecule has 1 N–H and O–H groups in total. The number of carbonyl (C=O) groups is 1. The van der Waals surface area contributed by atoms with E-state index in [1.165, 1.54) is 6.07 Å². The van der Waals surface area contributed by atoms with Crippen molar-refractivity contribution < 1.29 is 13.6 Å². The lowest BCUT2D eigenvalue weighted by molar-refractivity contribution is 0.102. The molecule has 0 saturated carbocycles. The molecule has 0 radical (unpaired) electrons. The van der Waals surface area contributed by atoms with E-state index < -0.39 is 23.2 Å². The number of aryl methyl sites for hydroxylation is 2.